The van der Waals surface area contributed by atoms with Gasteiger partial charge in [-0.2, -0.15) is 0 Å². The van der Waals surface area contributed by atoms with Gasteiger partial charge in [0.2, 0.25) is 0 Å². The predicted octanol–water partition coefficient (Wildman–Crippen LogP) is 1.60. The maximum Gasteiger partial charge on any atom is 0.332 e. The van der Waals surface area contributed by atoms with E-state index in [0.29, 0.717) is 6.04 Å². The van der Waals surface area contributed by atoms with E-state index in [-0.39, 0.29) is 5.97 Å². The van der Waals surface area contributed by atoms with Gasteiger partial charge in [0.1, 0.15) is 0 Å². The molecule has 0 bridgehead atoms. The zero-order valence-electron chi connectivity index (χ0n) is 8.30. The van der Waals surface area contributed by atoms with Gasteiger partial charge in [0, 0.05) is 17.8 Å². The molecule has 0 radical (unpaired) electrons. The van der Waals surface area contributed by atoms with Gasteiger partial charge in [0.05, 0.1) is 7.11 Å². The highest BCUT2D eigenvalue weighted by molar-refractivity contribution is 5.82. The monoisotopic (exact) mass is 183 g/mol. The highest BCUT2D eigenvalue weighted by Crippen LogP contribution is 2.18. The van der Waals surface area contributed by atoms with Crippen LogP contribution in [0.4, 0.5) is 0 Å². The standard InChI is InChI=1S/C10H17NO2/c1-8(7-10(12)13-2)11-9-5-3-4-6-9/h7,9,11H,3-6H2,1-2H3. The molecule has 0 aliphatic heterocycles. The molecule has 0 amide bonds. The number of carbonyl (C=O) groups is 1. The van der Waals surface area contributed by atoms with Crippen molar-refractivity contribution in [1.82, 2.24) is 5.32 Å². The van der Waals surface area contributed by atoms with Gasteiger partial charge in [0.25, 0.3) is 0 Å². The molecule has 1 saturated carbocycles. The highest BCUT2D eigenvalue weighted by atomic mass is 16.5. The Bertz CT molecular complexity index is 205. The molecule has 0 saturated heterocycles. The molecule has 0 aromatic heterocycles. The molecule has 1 aliphatic rings. The van der Waals surface area contributed by atoms with E-state index in [0.717, 1.165) is 5.70 Å². The summed E-state index contributed by atoms with van der Waals surface area (Å²) in [5.74, 6) is -0.289. The molecular weight excluding hydrogens is 166 g/mol. The quantitative estimate of drug-likeness (QED) is 0.533. The lowest BCUT2D eigenvalue weighted by atomic mass is 10.2. The van der Waals surface area contributed by atoms with Crippen LogP contribution >= 0.6 is 0 Å². The van der Waals surface area contributed by atoms with Crippen LogP contribution in [-0.4, -0.2) is 19.1 Å². The minimum Gasteiger partial charge on any atom is -0.466 e. The van der Waals surface area contributed by atoms with Crippen molar-refractivity contribution >= 4 is 5.97 Å². The fourth-order valence-electron chi connectivity index (χ4n) is 1.67. The molecule has 3 heteroatoms. The fourth-order valence-corrected chi connectivity index (χ4v) is 1.67. The van der Waals surface area contributed by atoms with Gasteiger partial charge in [-0.25, -0.2) is 4.79 Å². The molecule has 0 aromatic rings. The summed E-state index contributed by atoms with van der Waals surface area (Å²) < 4.78 is 4.53. The Hall–Kier alpha value is -0.990. The summed E-state index contributed by atoms with van der Waals surface area (Å²) in [6.07, 6.45) is 6.52. The van der Waals surface area contributed by atoms with E-state index in [1.807, 2.05) is 6.92 Å². The summed E-state index contributed by atoms with van der Waals surface area (Å²) in [4.78, 5) is 10.9. The molecule has 3 nitrogen and oxygen atoms in total. The van der Waals surface area contributed by atoms with Crippen molar-refractivity contribution in [1.29, 1.82) is 0 Å². The number of esters is 1. The number of methoxy groups -OCH3 is 1. The molecule has 0 unspecified atom stereocenters. The third-order valence-corrected chi connectivity index (χ3v) is 2.32. The number of allylic oxidation sites excluding steroid dienone is 1. The van der Waals surface area contributed by atoms with Crippen LogP contribution in [0.5, 0.6) is 0 Å². The first-order valence-electron chi connectivity index (χ1n) is 4.75. The first-order valence-corrected chi connectivity index (χ1v) is 4.75. The summed E-state index contributed by atoms with van der Waals surface area (Å²) in [5, 5.41) is 3.30. The van der Waals surface area contributed by atoms with Gasteiger partial charge < -0.3 is 10.1 Å². The van der Waals surface area contributed by atoms with Gasteiger partial charge in [-0.3, -0.25) is 0 Å². The van der Waals surface area contributed by atoms with E-state index in [1.165, 1.54) is 38.9 Å². The molecule has 13 heavy (non-hydrogen) atoms. The first kappa shape index (κ1) is 10.1. The van der Waals surface area contributed by atoms with E-state index >= 15 is 0 Å². The Morgan fingerprint density at radius 1 is 1.46 bits per heavy atom. The molecule has 1 fully saturated rings. The topological polar surface area (TPSA) is 38.3 Å². The van der Waals surface area contributed by atoms with Crippen LogP contribution in [-0.2, 0) is 9.53 Å². The van der Waals surface area contributed by atoms with E-state index in [9.17, 15) is 4.79 Å². The van der Waals surface area contributed by atoms with Crippen LogP contribution in [0.1, 0.15) is 32.6 Å². The van der Waals surface area contributed by atoms with Crippen LogP contribution in [0, 0.1) is 0 Å². The molecule has 74 valence electrons. The first-order chi connectivity index (χ1) is 6.22. The maximum absolute atomic E-state index is 10.9. The van der Waals surface area contributed by atoms with E-state index < -0.39 is 0 Å². The predicted molar refractivity (Wildman–Crippen MR) is 51.2 cm³/mol. The lowest BCUT2D eigenvalue weighted by Gasteiger charge is -2.12. The van der Waals surface area contributed by atoms with Crippen LogP contribution < -0.4 is 5.32 Å². The summed E-state index contributed by atoms with van der Waals surface area (Å²) in [7, 11) is 1.39. The number of hydrogen-bond donors (Lipinski definition) is 1. The third-order valence-electron chi connectivity index (χ3n) is 2.32. The van der Waals surface area contributed by atoms with Crippen molar-refractivity contribution in [3.8, 4) is 0 Å². The maximum atomic E-state index is 10.9. The SMILES string of the molecule is COC(=O)C=C(C)NC1CCCC1. The fraction of sp³-hybridized carbons (Fsp3) is 0.700. The van der Waals surface area contributed by atoms with Gasteiger partial charge in [-0.1, -0.05) is 12.8 Å². The largest absolute Gasteiger partial charge is 0.466 e. The van der Waals surface area contributed by atoms with E-state index in [1.54, 1.807) is 0 Å². The number of nitrogens with one attached hydrogen (secondary N) is 1. The van der Waals surface area contributed by atoms with Crippen molar-refractivity contribution in [2.45, 2.75) is 38.6 Å². The minimum absolute atomic E-state index is 0.289. The Labute approximate surface area is 79.2 Å². The second kappa shape index (κ2) is 4.90. The minimum atomic E-state index is -0.289. The number of rotatable bonds is 3. The second-order valence-corrected chi connectivity index (χ2v) is 3.48. The molecule has 0 heterocycles. The van der Waals surface area contributed by atoms with Crippen LogP contribution in [0.2, 0.25) is 0 Å². The summed E-state index contributed by atoms with van der Waals surface area (Å²) >= 11 is 0. The lowest BCUT2D eigenvalue weighted by Crippen LogP contribution is -2.24. The zero-order valence-corrected chi connectivity index (χ0v) is 8.30. The van der Waals surface area contributed by atoms with E-state index in [4.69, 9.17) is 0 Å². The van der Waals surface area contributed by atoms with E-state index in [2.05, 4.69) is 10.1 Å². The number of hydrogen-bond acceptors (Lipinski definition) is 3. The van der Waals surface area contributed by atoms with Gasteiger partial charge >= 0.3 is 5.97 Å². The van der Waals surface area contributed by atoms with Crippen LogP contribution in [0.3, 0.4) is 0 Å². The van der Waals surface area contributed by atoms with Gasteiger partial charge in [-0.15, -0.1) is 0 Å². The van der Waals surface area contributed by atoms with Crippen molar-refractivity contribution < 1.29 is 9.53 Å². The Balaban J connectivity index is 2.34. The molecule has 0 aromatic carbocycles. The Morgan fingerprint density at radius 2 is 2.08 bits per heavy atom. The molecule has 0 spiro atoms. The molecule has 1 N–H and O–H groups in total. The van der Waals surface area contributed by atoms with Crippen molar-refractivity contribution in [2.24, 2.45) is 0 Å². The average molecular weight is 183 g/mol. The molecule has 0 atom stereocenters. The van der Waals surface area contributed by atoms with Crippen molar-refractivity contribution in [3.63, 3.8) is 0 Å². The Morgan fingerprint density at radius 3 is 2.62 bits per heavy atom. The zero-order chi connectivity index (χ0) is 9.68. The van der Waals surface area contributed by atoms with Crippen molar-refractivity contribution in [3.05, 3.63) is 11.8 Å². The molecule has 1 rings (SSSR count). The normalized spacial score (nSPS) is 18.8. The van der Waals surface area contributed by atoms with Gasteiger partial charge in [-0.05, 0) is 19.8 Å². The second-order valence-electron chi connectivity index (χ2n) is 3.48. The number of carbonyl (C=O) groups excluding carboxylic acids is 1. The summed E-state index contributed by atoms with van der Waals surface area (Å²) in [5.41, 5.74) is 0.902. The highest BCUT2D eigenvalue weighted by Gasteiger charge is 2.14. The Kier molecular flexibility index (Phi) is 3.80. The van der Waals surface area contributed by atoms with Crippen molar-refractivity contribution in [2.75, 3.05) is 7.11 Å². The van der Waals surface area contributed by atoms with Crippen LogP contribution in [0.15, 0.2) is 11.8 Å². The van der Waals surface area contributed by atoms with Gasteiger partial charge in [0.15, 0.2) is 0 Å². The average Bonchev–Trinajstić information content (AvgIpc) is 2.56. The number of ether oxygens (including phenoxy) is 1. The smallest absolute Gasteiger partial charge is 0.332 e. The molecule has 1 aliphatic carbocycles. The third kappa shape index (κ3) is 3.49. The summed E-state index contributed by atoms with van der Waals surface area (Å²) in [6, 6.07) is 0.556. The lowest BCUT2D eigenvalue weighted by molar-refractivity contribution is -0.134. The molecular formula is C10H17NO2. The summed E-state index contributed by atoms with van der Waals surface area (Å²) in [6.45, 7) is 1.90. The van der Waals surface area contributed by atoms with Crippen LogP contribution in [0.25, 0.3) is 0 Å².